The normalized spacial score (nSPS) is 10.8. The second-order valence-electron chi connectivity index (χ2n) is 4.07. The molecule has 0 bridgehead atoms. The van der Waals surface area contributed by atoms with Crippen molar-refractivity contribution in [3.63, 3.8) is 0 Å². The second-order valence-corrected chi connectivity index (χ2v) is 5.37. The number of hydrogen-bond donors (Lipinski definition) is 3. The Balaban J connectivity index is 2.11. The van der Waals surface area contributed by atoms with Crippen LogP contribution < -0.4 is 5.43 Å². The van der Waals surface area contributed by atoms with Gasteiger partial charge < -0.3 is 10.2 Å². The van der Waals surface area contributed by atoms with E-state index in [0.717, 1.165) is 0 Å². The summed E-state index contributed by atoms with van der Waals surface area (Å²) in [6.45, 7) is 0. The van der Waals surface area contributed by atoms with Crippen molar-refractivity contribution in [3.8, 4) is 11.5 Å². The molecule has 0 aliphatic rings. The molecule has 0 heterocycles. The van der Waals surface area contributed by atoms with Crippen LogP contribution in [0.2, 0.25) is 5.02 Å². The van der Waals surface area contributed by atoms with E-state index in [-0.39, 0.29) is 17.1 Å². The molecule has 0 unspecified atom stereocenters. The van der Waals surface area contributed by atoms with Crippen LogP contribution in [0.1, 0.15) is 15.9 Å². The van der Waals surface area contributed by atoms with E-state index in [1.165, 1.54) is 30.5 Å². The Bertz CT molecular complexity index is 719. The zero-order chi connectivity index (χ0) is 15.4. The molecular weight excluding hydrogens is 360 g/mol. The zero-order valence-electron chi connectivity index (χ0n) is 10.5. The third-order valence-electron chi connectivity index (χ3n) is 2.54. The van der Waals surface area contributed by atoms with Crippen LogP contribution in [0.25, 0.3) is 0 Å². The number of nitrogens with zero attached hydrogens (tertiary/aromatic N) is 1. The molecule has 0 radical (unpaired) electrons. The van der Waals surface area contributed by atoms with Gasteiger partial charge in [-0.2, -0.15) is 5.10 Å². The quantitative estimate of drug-likeness (QED) is 0.573. The molecule has 0 aliphatic carbocycles. The molecule has 7 heteroatoms. The molecule has 0 aliphatic heterocycles. The summed E-state index contributed by atoms with van der Waals surface area (Å²) in [7, 11) is 0. The van der Waals surface area contributed by atoms with E-state index in [4.69, 9.17) is 11.6 Å². The van der Waals surface area contributed by atoms with Gasteiger partial charge in [0, 0.05) is 16.1 Å². The van der Waals surface area contributed by atoms with E-state index in [9.17, 15) is 15.0 Å². The van der Waals surface area contributed by atoms with Gasteiger partial charge in [0.25, 0.3) is 5.91 Å². The average molecular weight is 370 g/mol. The smallest absolute Gasteiger partial charge is 0.271 e. The number of amides is 1. The summed E-state index contributed by atoms with van der Waals surface area (Å²) in [5.74, 6) is -0.527. The lowest BCUT2D eigenvalue weighted by Crippen LogP contribution is -2.17. The molecule has 3 N–H and O–H groups in total. The van der Waals surface area contributed by atoms with E-state index in [1.807, 2.05) is 0 Å². The minimum atomic E-state index is -0.484. The fourth-order valence-corrected chi connectivity index (χ4v) is 2.39. The minimum absolute atomic E-state index is 0.0111. The summed E-state index contributed by atoms with van der Waals surface area (Å²) in [4.78, 5) is 11.8. The van der Waals surface area contributed by atoms with Crippen LogP contribution in [0.15, 0.2) is 46.0 Å². The molecule has 108 valence electrons. The van der Waals surface area contributed by atoms with Crippen molar-refractivity contribution in [1.82, 2.24) is 5.43 Å². The van der Waals surface area contributed by atoms with Crippen molar-refractivity contribution in [1.29, 1.82) is 0 Å². The summed E-state index contributed by atoms with van der Waals surface area (Å²) < 4.78 is 0.427. The number of rotatable bonds is 3. The van der Waals surface area contributed by atoms with Gasteiger partial charge in [0.15, 0.2) is 0 Å². The molecule has 0 saturated carbocycles. The molecule has 0 fully saturated rings. The maximum atomic E-state index is 11.8. The first-order valence-electron chi connectivity index (χ1n) is 5.78. The summed E-state index contributed by atoms with van der Waals surface area (Å²) in [6.07, 6.45) is 1.27. The molecule has 0 aromatic heterocycles. The Labute approximate surface area is 134 Å². The molecule has 2 aromatic carbocycles. The van der Waals surface area contributed by atoms with Crippen LogP contribution in [-0.2, 0) is 0 Å². The largest absolute Gasteiger partial charge is 0.508 e. The lowest BCUT2D eigenvalue weighted by Gasteiger charge is -2.03. The Morgan fingerprint density at radius 1 is 1.29 bits per heavy atom. The fraction of sp³-hybridized carbons (Fsp3) is 0. The Kier molecular flexibility index (Phi) is 4.82. The summed E-state index contributed by atoms with van der Waals surface area (Å²) in [5.41, 5.74) is 2.91. The zero-order valence-corrected chi connectivity index (χ0v) is 12.9. The van der Waals surface area contributed by atoms with E-state index in [0.29, 0.717) is 15.1 Å². The van der Waals surface area contributed by atoms with E-state index in [2.05, 4.69) is 26.5 Å². The molecule has 0 atom stereocenters. The molecule has 0 saturated heterocycles. The number of phenols is 2. The molecule has 2 rings (SSSR count). The number of carbonyl (C=O) groups excluding carboxylic acids is 1. The highest BCUT2D eigenvalue weighted by Gasteiger charge is 2.07. The van der Waals surface area contributed by atoms with Crippen molar-refractivity contribution in [2.75, 3.05) is 0 Å². The Morgan fingerprint density at radius 2 is 2.05 bits per heavy atom. The van der Waals surface area contributed by atoms with Crippen LogP contribution in [0, 0.1) is 0 Å². The van der Waals surface area contributed by atoms with Gasteiger partial charge in [0.2, 0.25) is 0 Å². The van der Waals surface area contributed by atoms with Crippen LogP contribution in [-0.4, -0.2) is 22.3 Å². The summed E-state index contributed by atoms with van der Waals surface area (Å²) >= 11 is 9.01. The van der Waals surface area contributed by atoms with E-state index in [1.54, 1.807) is 12.1 Å². The molecule has 21 heavy (non-hydrogen) atoms. The van der Waals surface area contributed by atoms with Gasteiger partial charge >= 0.3 is 0 Å². The predicted molar refractivity (Wildman–Crippen MR) is 84.0 cm³/mol. The van der Waals surface area contributed by atoms with Crippen LogP contribution >= 0.6 is 27.5 Å². The standard InChI is InChI=1S/C14H10BrClN2O3/c15-12-6-10(16)4-9(13(12)20)7-17-18-14(21)8-2-1-3-11(19)5-8/h1-7,19-20H,(H,18,21)/b17-7+. The third kappa shape index (κ3) is 3.96. The summed E-state index contributed by atoms with van der Waals surface area (Å²) in [6, 6.07) is 8.91. The van der Waals surface area contributed by atoms with Crippen molar-refractivity contribution in [2.24, 2.45) is 5.10 Å². The number of benzene rings is 2. The topological polar surface area (TPSA) is 81.9 Å². The number of nitrogens with one attached hydrogen (secondary N) is 1. The van der Waals surface area contributed by atoms with Gasteiger partial charge in [-0.3, -0.25) is 4.79 Å². The number of aromatic hydroxyl groups is 2. The SMILES string of the molecule is O=C(N/N=C/c1cc(Cl)cc(Br)c1O)c1cccc(O)c1. The number of halogens is 2. The van der Waals surface area contributed by atoms with Crippen molar-refractivity contribution in [3.05, 3.63) is 57.0 Å². The van der Waals surface area contributed by atoms with Crippen LogP contribution in [0.5, 0.6) is 11.5 Å². The van der Waals surface area contributed by atoms with Gasteiger partial charge in [0.05, 0.1) is 10.7 Å². The molecule has 0 spiro atoms. The number of carbonyl (C=O) groups is 1. The molecule has 5 nitrogen and oxygen atoms in total. The highest BCUT2D eigenvalue weighted by atomic mass is 79.9. The summed E-state index contributed by atoms with van der Waals surface area (Å²) in [5, 5.41) is 23.3. The van der Waals surface area contributed by atoms with Crippen molar-refractivity contribution in [2.45, 2.75) is 0 Å². The molecule has 1 amide bonds. The van der Waals surface area contributed by atoms with Crippen molar-refractivity contribution >= 4 is 39.7 Å². The Morgan fingerprint density at radius 3 is 2.76 bits per heavy atom. The maximum absolute atomic E-state index is 11.8. The number of hydrazone groups is 1. The first-order valence-corrected chi connectivity index (χ1v) is 6.95. The lowest BCUT2D eigenvalue weighted by atomic mass is 10.2. The predicted octanol–water partition coefficient (Wildman–Crippen LogP) is 3.28. The fourth-order valence-electron chi connectivity index (χ4n) is 1.56. The lowest BCUT2D eigenvalue weighted by molar-refractivity contribution is 0.0954. The third-order valence-corrected chi connectivity index (χ3v) is 3.36. The monoisotopic (exact) mass is 368 g/mol. The highest BCUT2D eigenvalue weighted by Crippen LogP contribution is 2.30. The first kappa shape index (κ1) is 15.3. The van der Waals surface area contributed by atoms with Crippen LogP contribution in [0.3, 0.4) is 0 Å². The van der Waals surface area contributed by atoms with Gasteiger partial charge in [-0.25, -0.2) is 5.43 Å². The van der Waals surface area contributed by atoms with E-state index < -0.39 is 5.91 Å². The van der Waals surface area contributed by atoms with Crippen LogP contribution in [0.4, 0.5) is 0 Å². The van der Waals surface area contributed by atoms with Gasteiger partial charge in [-0.05, 0) is 46.3 Å². The maximum Gasteiger partial charge on any atom is 0.271 e. The van der Waals surface area contributed by atoms with E-state index >= 15 is 0 Å². The highest BCUT2D eigenvalue weighted by molar-refractivity contribution is 9.10. The van der Waals surface area contributed by atoms with Crippen molar-refractivity contribution < 1.29 is 15.0 Å². The number of phenolic OH excluding ortho intramolecular Hbond substituents is 2. The molecular formula is C14H10BrClN2O3. The average Bonchev–Trinajstić information content (AvgIpc) is 2.43. The number of hydrogen-bond acceptors (Lipinski definition) is 4. The molecule has 2 aromatic rings. The second kappa shape index (κ2) is 6.60. The van der Waals surface area contributed by atoms with Gasteiger partial charge in [0.1, 0.15) is 11.5 Å². The minimum Gasteiger partial charge on any atom is -0.508 e. The Hall–Kier alpha value is -2.05. The van der Waals surface area contributed by atoms with Gasteiger partial charge in [-0.15, -0.1) is 0 Å². The first-order chi connectivity index (χ1) is 9.97. The van der Waals surface area contributed by atoms with Gasteiger partial charge in [-0.1, -0.05) is 17.7 Å².